The number of ether oxygens (including phenoxy) is 2. The molecule has 1 heterocycles. The maximum atomic E-state index is 9.28. The molecule has 1 aliphatic rings. The van der Waals surface area contributed by atoms with Crippen molar-refractivity contribution >= 4 is 0 Å². The Labute approximate surface area is 67.3 Å². The molecule has 1 N–H and O–H groups in total. The molecular weight excluding hydrogens is 144 g/mol. The summed E-state index contributed by atoms with van der Waals surface area (Å²) in [4.78, 5) is 0. The van der Waals surface area contributed by atoms with Crippen LogP contribution in [0, 0.1) is 0 Å². The fourth-order valence-corrected chi connectivity index (χ4v) is 1.25. The molecule has 0 bridgehead atoms. The van der Waals surface area contributed by atoms with Crippen LogP contribution in [0.2, 0.25) is 0 Å². The number of hydrogen-bond donors (Lipinski definition) is 1. The maximum Gasteiger partial charge on any atom is 0.158 e. The van der Waals surface area contributed by atoms with Crippen LogP contribution in [0.5, 0.6) is 0 Å². The van der Waals surface area contributed by atoms with Crippen molar-refractivity contribution in [3.63, 3.8) is 0 Å². The van der Waals surface area contributed by atoms with Gasteiger partial charge in [0.1, 0.15) is 0 Å². The van der Waals surface area contributed by atoms with Crippen molar-refractivity contribution < 1.29 is 14.6 Å². The minimum Gasteiger partial charge on any atom is -0.390 e. The van der Waals surface area contributed by atoms with Gasteiger partial charge in [-0.05, 0) is 20.3 Å². The number of rotatable bonds is 2. The van der Waals surface area contributed by atoms with Gasteiger partial charge >= 0.3 is 0 Å². The highest BCUT2D eigenvalue weighted by atomic mass is 16.7. The summed E-state index contributed by atoms with van der Waals surface area (Å²) in [5.74, 6) is 0. The molecule has 0 spiro atoms. The lowest BCUT2D eigenvalue weighted by Gasteiger charge is -2.31. The minimum atomic E-state index is -0.313. The molecule has 66 valence electrons. The third-order valence-electron chi connectivity index (χ3n) is 1.96. The van der Waals surface area contributed by atoms with Crippen molar-refractivity contribution in [2.24, 2.45) is 0 Å². The van der Waals surface area contributed by atoms with Gasteiger partial charge in [-0.3, -0.25) is 0 Å². The highest BCUT2D eigenvalue weighted by molar-refractivity contribution is 4.70. The van der Waals surface area contributed by atoms with Crippen molar-refractivity contribution in [3.8, 4) is 0 Å². The largest absolute Gasteiger partial charge is 0.390 e. The van der Waals surface area contributed by atoms with Crippen LogP contribution in [0.3, 0.4) is 0 Å². The van der Waals surface area contributed by atoms with Crippen LogP contribution in [0.1, 0.15) is 26.7 Å². The monoisotopic (exact) mass is 160 g/mol. The molecular formula is C8H16O3. The van der Waals surface area contributed by atoms with Crippen molar-refractivity contribution in [1.82, 2.24) is 0 Å². The third kappa shape index (κ3) is 2.43. The Bertz CT molecular complexity index is 116. The zero-order chi connectivity index (χ0) is 8.27. The second kappa shape index (κ2) is 4.04. The van der Waals surface area contributed by atoms with Crippen molar-refractivity contribution in [3.05, 3.63) is 0 Å². The van der Waals surface area contributed by atoms with Gasteiger partial charge in [-0.15, -0.1) is 0 Å². The second-order valence-electron chi connectivity index (χ2n) is 2.87. The zero-order valence-electron chi connectivity index (χ0n) is 7.12. The van der Waals surface area contributed by atoms with Crippen LogP contribution < -0.4 is 0 Å². The average molecular weight is 160 g/mol. The number of hydrogen-bond acceptors (Lipinski definition) is 3. The van der Waals surface area contributed by atoms with E-state index < -0.39 is 0 Å². The van der Waals surface area contributed by atoms with Crippen LogP contribution in [0.25, 0.3) is 0 Å². The van der Waals surface area contributed by atoms with Crippen molar-refractivity contribution in [1.29, 1.82) is 0 Å². The van der Waals surface area contributed by atoms with E-state index in [9.17, 15) is 5.11 Å². The number of aliphatic hydroxyl groups excluding tert-OH is 1. The molecule has 1 saturated heterocycles. The van der Waals surface area contributed by atoms with Gasteiger partial charge in [-0.1, -0.05) is 0 Å². The van der Waals surface area contributed by atoms with Crippen molar-refractivity contribution in [2.45, 2.75) is 45.2 Å². The standard InChI is InChI=1S/C8H16O3/c1-3-10-8-5-4-7(9)6(2)11-8/h6-9H,3-5H2,1-2H3/t6-,7+,8-/m1/s1. The molecule has 0 aromatic heterocycles. The van der Waals surface area contributed by atoms with Crippen LogP contribution in [0.15, 0.2) is 0 Å². The first-order valence-corrected chi connectivity index (χ1v) is 4.19. The van der Waals surface area contributed by atoms with Crippen molar-refractivity contribution in [2.75, 3.05) is 6.61 Å². The Morgan fingerprint density at radius 3 is 2.82 bits per heavy atom. The predicted molar refractivity (Wildman–Crippen MR) is 41.2 cm³/mol. The van der Waals surface area contributed by atoms with Gasteiger partial charge in [0.15, 0.2) is 6.29 Å². The quantitative estimate of drug-likeness (QED) is 0.652. The molecule has 0 unspecified atom stereocenters. The summed E-state index contributed by atoms with van der Waals surface area (Å²) in [5.41, 5.74) is 0. The van der Waals surface area contributed by atoms with Crippen LogP contribution >= 0.6 is 0 Å². The Balaban J connectivity index is 2.28. The van der Waals surface area contributed by atoms with E-state index >= 15 is 0 Å². The van der Waals surface area contributed by atoms with E-state index in [1.165, 1.54) is 0 Å². The SMILES string of the molecule is CCO[C@H]1CC[C@H](O)[C@@H](C)O1. The van der Waals surface area contributed by atoms with Gasteiger partial charge < -0.3 is 14.6 Å². The molecule has 0 radical (unpaired) electrons. The molecule has 0 saturated carbocycles. The van der Waals surface area contributed by atoms with Gasteiger partial charge in [-0.2, -0.15) is 0 Å². The Hall–Kier alpha value is -0.120. The first kappa shape index (κ1) is 8.97. The lowest BCUT2D eigenvalue weighted by atomic mass is 10.1. The summed E-state index contributed by atoms with van der Waals surface area (Å²) in [5, 5.41) is 9.28. The Morgan fingerprint density at radius 1 is 1.55 bits per heavy atom. The molecule has 1 fully saturated rings. The second-order valence-corrected chi connectivity index (χ2v) is 2.87. The first-order chi connectivity index (χ1) is 5.24. The topological polar surface area (TPSA) is 38.7 Å². The maximum absolute atomic E-state index is 9.28. The highest BCUT2D eigenvalue weighted by Crippen LogP contribution is 2.19. The minimum absolute atomic E-state index is 0.0831. The third-order valence-corrected chi connectivity index (χ3v) is 1.96. The molecule has 0 aliphatic carbocycles. The van der Waals surface area contributed by atoms with E-state index in [0.717, 1.165) is 12.8 Å². The summed E-state index contributed by atoms with van der Waals surface area (Å²) in [7, 11) is 0. The molecule has 0 aromatic rings. The van der Waals surface area contributed by atoms with Gasteiger partial charge in [0.2, 0.25) is 0 Å². The van der Waals surface area contributed by atoms with Crippen LogP contribution in [-0.2, 0) is 9.47 Å². The van der Waals surface area contributed by atoms with Crippen LogP contribution in [0.4, 0.5) is 0 Å². The van der Waals surface area contributed by atoms with Gasteiger partial charge in [0, 0.05) is 13.0 Å². The summed E-state index contributed by atoms with van der Waals surface area (Å²) in [6.45, 7) is 4.49. The lowest BCUT2D eigenvalue weighted by molar-refractivity contribution is -0.215. The van der Waals surface area contributed by atoms with Gasteiger partial charge in [-0.25, -0.2) is 0 Å². The van der Waals surface area contributed by atoms with E-state index in [2.05, 4.69) is 0 Å². The van der Waals surface area contributed by atoms with Gasteiger partial charge in [0.25, 0.3) is 0 Å². The molecule has 0 amide bonds. The normalized spacial score (nSPS) is 39.0. The summed E-state index contributed by atoms with van der Waals surface area (Å²) in [6.07, 6.45) is 1.09. The fourth-order valence-electron chi connectivity index (χ4n) is 1.25. The van der Waals surface area contributed by atoms with E-state index in [-0.39, 0.29) is 18.5 Å². The predicted octanol–water partition coefficient (Wildman–Crippen LogP) is 0.909. The molecule has 3 atom stereocenters. The molecule has 11 heavy (non-hydrogen) atoms. The van der Waals surface area contributed by atoms with E-state index in [1.807, 2.05) is 13.8 Å². The summed E-state index contributed by atoms with van der Waals surface area (Å²) < 4.78 is 10.6. The van der Waals surface area contributed by atoms with Gasteiger partial charge in [0.05, 0.1) is 12.2 Å². The van der Waals surface area contributed by atoms with Crippen LogP contribution in [-0.4, -0.2) is 30.2 Å². The summed E-state index contributed by atoms with van der Waals surface area (Å²) >= 11 is 0. The lowest BCUT2D eigenvalue weighted by Crippen LogP contribution is -2.37. The molecule has 1 rings (SSSR count). The molecule has 3 heteroatoms. The Kier molecular flexibility index (Phi) is 3.30. The van der Waals surface area contributed by atoms with E-state index in [4.69, 9.17) is 9.47 Å². The zero-order valence-corrected chi connectivity index (χ0v) is 7.12. The number of aliphatic hydroxyl groups is 1. The van der Waals surface area contributed by atoms with E-state index in [1.54, 1.807) is 0 Å². The Morgan fingerprint density at radius 2 is 2.27 bits per heavy atom. The summed E-state index contributed by atoms with van der Waals surface area (Å²) in [6, 6.07) is 0. The average Bonchev–Trinajstić information content (AvgIpc) is 1.98. The van der Waals surface area contributed by atoms with E-state index in [0.29, 0.717) is 6.61 Å². The molecule has 1 aliphatic heterocycles. The smallest absolute Gasteiger partial charge is 0.158 e. The highest BCUT2D eigenvalue weighted by Gasteiger charge is 2.26. The molecule has 0 aromatic carbocycles. The molecule has 3 nitrogen and oxygen atoms in total. The fraction of sp³-hybridized carbons (Fsp3) is 1.00. The first-order valence-electron chi connectivity index (χ1n) is 4.19.